The van der Waals surface area contributed by atoms with E-state index in [0.717, 1.165) is 12.1 Å². The Balaban J connectivity index is 2.35. The number of benzene rings is 1. The van der Waals surface area contributed by atoms with Crippen molar-refractivity contribution in [3.63, 3.8) is 0 Å². The Labute approximate surface area is 141 Å². The standard InChI is InChI=1S/C15H20BrF3N2O2/c1-14(2,3)23-13(22)21-8-4-7-20-12-6-5-10(9-11(12)16)15(17,18)19/h5-6,9,20H,4,7-8H2,1-3H3,(H,21,22). The molecule has 0 aliphatic carbocycles. The molecule has 0 atom stereocenters. The summed E-state index contributed by atoms with van der Waals surface area (Å²) < 4.78 is 43.1. The second-order valence-corrected chi connectivity index (χ2v) is 6.76. The Morgan fingerprint density at radius 2 is 1.87 bits per heavy atom. The molecule has 1 aromatic rings. The highest BCUT2D eigenvalue weighted by atomic mass is 79.9. The van der Waals surface area contributed by atoms with Gasteiger partial charge in [-0.05, 0) is 61.3 Å². The summed E-state index contributed by atoms with van der Waals surface area (Å²) in [6.45, 7) is 6.22. The minimum Gasteiger partial charge on any atom is -0.444 e. The summed E-state index contributed by atoms with van der Waals surface area (Å²) in [4.78, 5) is 11.4. The van der Waals surface area contributed by atoms with Gasteiger partial charge < -0.3 is 15.4 Å². The van der Waals surface area contributed by atoms with Gasteiger partial charge in [0.1, 0.15) is 5.60 Å². The van der Waals surface area contributed by atoms with Crippen molar-refractivity contribution in [3.05, 3.63) is 28.2 Å². The number of carbonyl (C=O) groups excluding carboxylic acids is 1. The zero-order valence-electron chi connectivity index (χ0n) is 13.2. The summed E-state index contributed by atoms with van der Waals surface area (Å²) in [7, 11) is 0. The number of anilines is 1. The summed E-state index contributed by atoms with van der Waals surface area (Å²) in [6.07, 6.45) is -4.25. The number of carbonyl (C=O) groups is 1. The highest BCUT2D eigenvalue weighted by Gasteiger charge is 2.30. The van der Waals surface area contributed by atoms with Crippen LogP contribution >= 0.6 is 15.9 Å². The van der Waals surface area contributed by atoms with Crippen molar-refractivity contribution >= 4 is 27.7 Å². The Morgan fingerprint density at radius 3 is 2.39 bits per heavy atom. The highest BCUT2D eigenvalue weighted by molar-refractivity contribution is 9.10. The number of rotatable bonds is 5. The van der Waals surface area contributed by atoms with Crippen LogP contribution < -0.4 is 10.6 Å². The molecule has 1 amide bonds. The Bertz CT molecular complexity index is 543. The van der Waals surface area contributed by atoms with Gasteiger partial charge in [-0.15, -0.1) is 0 Å². The maximum Gasteiger partial charge on any atom is 0.416 e. The molecule has 8 heteroatoms. The summed E-state index contributed by atoms with van der Waals surface area (Å²) in [5.74, 6) is 0. The van der Waals surface area contributed by atoms with Crippen LogP contribution in [0.3, 0.4) is 0 Å². The monoisotopic (exact) mass is 396 g/mol. The van der Waals surface area contributed by atoms with E-state index in [1.807, 2.05) is 0 Å². The molecular weight excluding hydrogens is 377 g/mol. The number of halogens is 4. The molecule has 0 aliphatic rings. The van der Waals surface area contributed by atoms with E-state index in [1.54, 1.807) is 20.8 Å². The lowest BCUT2D eigenvalue weighted by Gasteiger charge is -2.19. The maximum absolute atomic E-state index is 12.6. The summed E-state index contributed by atoms with van der Waals surface area (Å²) in [5, 5.41) is 5.61. The number of alkyl halides is 3. The van der Waals surface area contributed by atoms with Crippen LogP contribution in [0.1, 0.15) is 32.8 Å². The zero-order valence-corrected chi connectivity index (χ0v) is 14.8. The lowest BCUT2D eigenvalue weighted by Crippen LogP contribution is -2.33. The fourth-order valence-electron chi connectivity index (χ4n) is 1.65. The van der Waals surface area contributed by atoms with Crippen molar-refractivity contribution in [2.24, 2.45) is 0 Å². The lowest BCUT2D eigenvalue weighted by atomic mass is 10.2. The van der Waals surface area contributed by atoms with Gasteiger partial charge in [-0.25, -0.2) is 4.79 Å². The average molecular weight is 397 g/mol. The minimum absolute atomic E-state index is 0.340. The number of nitrogens with one attached hydrogen (secondary N) is 2. The molecule has 0 saturated carbocycles. The van der Waals surface area contributed by atoms with Crippen LogP contribution in [0, 0.1) is 0 Å². The molecule has 0 heterocycles. The van der Waals surface area contributed by atoms with E-state index in [-0.39, 0.29) is 0 Å². The number of ether oxygens (including phenoxy) is 1. The first-order valence-corrected chi connectivity index (χ1v) is 7.86. The molecule has 0 unspecified atom stereocenters. The lowest BCUT2D eigenvalue weighted by molar-refractivity contribution is -0.137. The molecular formula is C15H20BrF3N2O2. The van der Waals surface area contributed by atoms with Gasteiger partial charge in [0.15, 0.2) is 0 Å². The molecule has 1 rings (SSSR count). The van der Waals surface area contributed by atoms with Gasteiger partial charge in [0.25, 0.3) is 0 Å². The van der Waals surface area contributed by atoms with Crippen molar-refractivity contribution in [2.45, 2.75) is 39.0 Å². The van der Waals surface area contributed by atoms with Crippen molar-refractivity contribution < 1.29 is 22.7 Å². The van der Waals surface area contributed by atoms with Gasteiger partial charge in [0, 0.05) is 23.2 Å². The van der Waals surface area contributed by atoms with Crippen LogP contribution in [0.2, 0.25) is 0 Å². The normalized spacial score (nSPS) is 12.0. The van der Waals surface area contributed by atoms with Gasteiger partial charge >= 0.3 is 12.3 Å². The predicted octanol–water partition coefficient (Wildman–Crippen LogP) is 4.79. The van der Waals surface area contributed by atoms with E-state index in [9.17, 15) is 18.0 Å². The fraction of sp³-hybridized carbons (Fsp3) is 0.533. The van der Waals surface area contributed by atoms with Crippen molar-refractivity contribution in [1.29, 1.82) is 0 Å². The number of alkyl carbamates (subject to hydrolysis) is 1. The van der Waals surface area contributed by atoms with E-state index in [4.69, 9.17) is 4.74 Å². The second kappa shape index (κ2) is 7.90. The SMILES string of the molecule is CC(C)(C)OC(=O)NCCCNc1ccc(C(F)(F)F)cc1Br. The van der Waals surface area contributed by atoms with Crippen molar-refractivity contribution in [2.75, 3.05) is 18.4 Å². The third-order valence-corrected chi connectivity index (χ3v) is 3.29. The minimum atomic E-state index is -4.36. The van der Waals surface area contributed by atoms with Gasteiger partial charge in [0.05, 0.1) is 5.56 Å². The first-order chi connectivity index (χ1) is 10.5. The maximum atomic E-state index is 12.6. The molecule has 0 spiro atoms. The molecule has 0 saturated heterocycles. The average Bonchev–Trinajstić information content (AvgIpc) is 2.36. The van der Waals surface area contributed by atoms with Crippen molar-refractivity contribution in [3.8, 4) is 0 Å². The predicted molar refractivity (Wildman–Crippen MR) is 86.5 cm³/mol. The Morgan fingerprint density at radius 1 is 1.22 bits per heavy atom. The third-order valence-electron chi connectivity index (χ3n) is 2.63. The molecule has 23 heavy (non-hydrogen) atoms. The van der Waals surface area contributed by atoms with Crippen LogP contribution in [0.4, 0.5) is 23.7 Å². The quantitative estimate of drug-likeness (QED) is 0.703. The molecule has 0 bridgehead atoms. The van der Waals surface area contributed by atoms with E-state index in [1.165, 1.54) is 6.07 Å². The molecule has 0 fully saturated rings. The Hall–Kier alpha value is -1.44. The highest BCUT2D eigenvalue weighted by Crippen LogP contribution is 2.33. The molecule has 0 aromatic heterocycles. The van der Waals surface area contributed by atoms with Gasteiger partial charge in [-0.1, -0.05) is 0 Å². The van der Waals surface area contributed by atoms with Gasteiger partial charge in [-0.3, -0.25) is 0 Å². The molecule has 2 N–H and O–H groups in total. The molecule has 0 aliphatic heterocycles. The van der Waals surface area contributed by atoms with Crippen molar-refractivity contribution in [1.82, 2.24) is 5.32 Å². The summed E-state index contributed by atoms with van der Waals surface area (Å²) in [5.41, 5.74) is -0.690. The summed E-state index contributed by atoms with van der Waals surface area (Å²) in [6, 6.07) is 3.42. The second-order valence-electron chi connectivity index (χ2n) is 5.90. The molecule has 130 valence electrons. The number of hydrogen-bond donors (Lipinski definition) is 2. The smallest absolute Gasteiger partial charge is 0.416 e. The van der Waals surface area contributed by atoms with Crippen LogP contribution in [-0.2, 0) is 10.9 Å². The fourth-order valence-corrected chi connectivity index (χ4v) is 2.17. The first-order valence-electron chi connectivity index (χ1n) is 7.06. The van der Waals surface area contributed by atoms with E-state index >= 15 is 0 Å². The van der Waals surface area contributed by atoms with Crippen LogP contribution in [0.5, 0.6) is 0 Å². The molecule has 4 nitrogen and oxygen atoms in total. The molecule has 0 radical (unpaired) electrons. The van der Waals surface area contributed by atoms with Crippen LogP contribution in [-0.4, -0.2) is 24.8 Å². The van der Waals surface area contributed by atoms with Gasteiger partial charge in [-0.2, -0.15) is 13.2 Å². The number of amides is 1. The third kappa shape index (κ3) is 7.58. The Kier molecular flexibility index (Phi) is 6.73. The van der Waals surface area contributed by atoms with Gasteiger partial charge in [0.2, 0.25) is 0 Å². The van der Waals surface area contributed by atoms with E-state index in [0.29, 0.717) is 29.7 Å². The first kappa shape index (κ1) is 19.6. The van der Waals surface area contributed by atoms with Crippen LogP contribution in [0.25, 0.3) is 0 Å². The zero-order chi connectivity index (χ0) is 17.7. The van der Waals surface area contributed by atoms with E-state index < -0.39 is 23.4 Å². The number of hydrogen-bond acceptors (Lipinski definition) is 3. The summed E-state index contributed by atoms with van der Waals surface area (Å²) >= 11 is 3.11. The van der Waals surface area contributed by atoms with E-state index in [2.05, 4.69) is 26.6 Å². The van der Waals surface area contributed by atoms with Crippen LogP contribution in [0.15, 0.2) is 22.7 Å². The molecule has 1 aromatic carbocycles. The largest absolute Gasteiger partial charge is 0.444 e. The topological polar surface area (TPSA) is 50.4 Å².